The molecule has 0 unspecified atom stereocenters. The highest BCUT2D eigenvalue weighted by Gasteiger charge is 2.33. The van der Waals surface area contributed by atoms with Crippen molar-refractivity contribution in [1.82, 2.24) is 0 Å². The third-order valence-electron chi connectivity index (χ3n) is 4.30. The number of nitrogens with one attached hydrogen (secondary N) is 1. The minimum atomic E-state index is -0.0375. The Morgan fingerprint density at radius 3 is 2.81 bits per heavy atom. The molecule has 4 nitrogen and oxygen atoms in total. The van der Waals surface area contributed by atoms with Crippen LogP contribution in [-0.4, -0.2) is 44.9 Å². The van der Waals surface area contributed by atoms with Gasteiger partial charge in [-0.25, -0.2) is 0 Å². The molecule has 2 saturated heterocycles. The SMILES string of the molecule is CCCCC[C@H]1C[C@H](CC#CC[NH+]2CCOCC2)C(=O)O1. The first-order chi connectivity index (χ1) is 10.3. The van der Waals surface area contributed by atoms with E-state index in [2.05, 4.69) is 18.8 Å². The third kappa shape index (κ3) is 5.68. The van der Waals surface area contributed by atoms with Crippen LogP contribution in [0.4, 0.5) is 0 Å². The van der Waals surface area contributed by atoms with Crippen LogP contribution < -0.4 is 4.90 Å². The van der Waals surface area contributed by atoms with Gasteiger partial charge in [0.1, 0.15) is 25.7 Å². The smallest absolute Gasteiger partial charge is 0.310 e. The second kappa shape index (κ2) is 9.07. The molecule has 0 aliphatic carbocycles. The van der Waals surface area contributed by atoms with Crippen molar-refractivity contribution >= 4 is 5.97 Å². The van der Waals surface area contributed by atoms with Crippen LogP contribution in [0.1, 0.15) is 45.4 Å². The Bertz CT molecular complexity index is 379. The summed E-state index contributed by atoms with van der Waals surface area (Å²) in [6.45, 7) is 6.82. The highest BCUT2D eigenvalue weighted by atomic mass is 16.5. The number of esters is 1. The molecule has 0 amide bonds. The summed E-state index contributed by atoms with van der Waals surface area (Å²) in [7, 11) is 0. The third-order valence-corrected chi connectivity index (χ3v) is 4.30. The Morgan fingerprint density at radius 1 is 1.24 bits per heavy atom. The molecule has 2 atom stereocenters. The molecular weight excluding hydrogens is 266 g/mol. The molecule has 0 aromatic heterocycles. The molecule has 0 radical (unpaired) electrons. The van der Waals surface area contributed by atoms with Crippen LogP contribution in [0.25, 0.3) is 0 Å². The Kier molecular flexibility index (Phi) is 7.05. The van der Waals surface area contributed by atoms with E-state index < -0.39 is 0 Å². The van der Waals surface area contributed by atoms with Gasteiger partial charge in [-0.05, 0) is 25.2 Å². The molecule has 21 heavy (non-hydrogen) atoms. The number of morpholine rings is 1. The first kappa shape index (κ1) is 16.3. The number of carbonyl (C=O) groups excluding carboxylic acids is 1. The number of carbonyl (C=O) groups is 1. The topological polar surface area (TPSA) is 40.0 Å². The van der Waals surface area contributed by atoms with Crippen LogP contribution in [0.2, 0.25) is 0 Å². The highest BCUT2D eigenvalue weighted by molar-refractivity contribution is 5.75. The van der Waals surface area contributed by atoms with Crippen LogP contribution in [-0.2, 0) is 14.3 Å². The lowest BCUT2D eigenvalue weighted by molar-refractivity contribution is -0.900. The maximum Gasteiger partial charge on any atom is 0.310 e. The molecular formula is C17H28NO3+. The van der Waals surface area contributed by atoms with E-state index in [4.69, 9.17) is 9.47 Å². The zero-order valence-electron chi connectivity index (χ0n) is 13.2. The summed E-state index contributed by atoms with van der Waals surface area (Å²) in [6, 6.07) is 0. The zero-order valence-corrected chi connectivity index (χ0v) is 13.2. The summed E-state index contributed by atoms with van der Waals surface area (Å²) in [5.41, 5.74) is 0. The summed E-state index contributed by atoms with van der Waals surface area (Å²) in [4.78, 5) is 13.3. The molecule has 0 aromatic carbocycles. The van der Waals surface area contributed by atoms with E-state index in [-0.39, 0.29) is 18.0 Å². The number of quaternary nitrogens is 1. The van der Waals surface area contributed by atoms with Crippen molar-refractivity contribution < 1.29 is 19.2 Å². The van der Waals surface area contributed by atoms with Crippen molar-refractivity contribution in [1.29, 1.82) is 0 Å². The molecule has 0 spiro atoms. The molecule has 0 aromatic rings. The monoisotopic (exact) mass is 294 g/mol. The highest BCUT2D eigenvalue weighted by Crippen LogP contribution is 2.27. The minimum absolute atomic E-state index is 0.00353. The Labute approximate surface area is 128 Å². The second-order valence-electron chi connectivity index (χ2n) is 6.08. The first-order valence-electron chi connectivity index (χ1n) is 8.37. The first-order valence-corrected chi connectivity index (χ1v) is 8.37. The zero-order chi connectivity index (χ0) is 14.9. The van der Waals surface area contributed by atoms with Crippen LogP contribution in [0.15, 0.2) is 0 Å². The number of ether oxygens (including phenoxy) is 2. The van der Waals surface area contributed by atoms with E-state index in [1.165, 1.54) is 17.7 Å². The van der Waals surface area contributed by atoms with Crippen molar-refractivity contribution in [2.45, 2.75) is 51.6 Å². The van der Waals surface area contributed by atoms with E-state index in [9.17, 15) is 4.79 Å². The van der Waals surface area contributed by atoms with Gasteiger partial charge in [0.25, 0.3) is 0 Å². The van der Waals surface area contributed by atoms with Crippen LogP contribution >= 0.6 is 0 Å². The Hall–Kier alpha value is -1.05. The molecule has 4 heteroatoms. The van der Waals surface area contributed by atoms with Gasteiger partial charge in [-0.2, -0.15) is 0 Å². The van der Waals surface area contributed by atoms with Crippen molar-refractivity contribution in [3.63, 3.8) is 0 Å². The minimum Gasteiger partial charge on any atom is -0.462 e. The lowest BCUT2D eigenvalue weighted by Crippen LogP contribution is -3.14. The van der Waals surface area contributed by atoms with Gasteiger partial charge >= 0.3 is 5.97 Å². The molecule has 1 N–H and O–H groups in total. The van der Waals surface area contributed by atoms with Gasteiger partial charge in [-0.15, -0.1) is 0 Å². The van der Waals surface area contributed by atoms with Crippen LogP contribution in [0.3, 0.4) is 0 Å². The molecule has 2 rings (SSSR count). The fourth-order valence-electron chi connectivity index (χ4n) is 2.91. The lowest BCUT2D eigenvalue weighted by Gasteiger charge is -2.21. The van der Waals surface area contributed by atoms with Gasteiger partial charge < -0.3 is 14.4 Å². The molecule has 2 heterocycles. The van der Waals surface area contributed by atoms with Crippen LogP contribution in [0.5, 0.6) is 0 Å². The Morgan fingerprint density at radius 2 is 2.05 bits per heavy atom. The van der Waals surface area contributed by atoms with Crippen LogP contribution in [0, 0.1) is 17.8 Å². The van der Waals surface area contributed by atoms with Crippen molar-refractivity contribution in [2.24, 2.45) is 5.92 Å². The van der Waals surface area contributed by atoms with E-state index in [0.29, 0.717) is 6.42 Å². The predicted molar refractivity (Wildman–Crippen MR) is 80.9 cm³/mol. The van der Waals surface area contributed by atoms with Gasteiger partial charge in [0.15, 0.2) is 0 Å². The summed E-state index contributed by atoms with van der Waals surface area (Å²) < 4.78 is 10.8. The fraction of sp³-hybridized carbons (Fsp3) is 0.824. The lowest BCUT2D eigenvalue weighted by atomic mass is 9.99. The summed E-state index contributed by atoms with van der Waals surface area (Å²) in [5.74, 6) is 6.37. The molecule has 0 saturated carbocycles. The quantitative estimate of drug-likeness (QED) is 0.448. The second-order valence-corrected chi connectivity index (χ2v) is 6.08. The summed E-state index contributed by atoms with van der Waals surface area (Å²) >= 11 is 0. The molecule has 2 aliphatic rings. The van der Waals surface area contributed by atoms with E-state index in [0.717, 1.165) is 52.1 Å². The van der Waals surface area contributed by atoms with Crippen molar-refractivity contribution in [3.8, 4) is 11.8 Å². The van der Waals surface area contributed by atoms with Gasteiger partial charge in [0, 0.05) is 6.42 Å². The summed E-state index contributed by atoms with van der Waals surface area (Å²) in [6.07, 6.45) is 6.27. The average Bonchev–Trinajstić information content (AvgIpc) is 2.85. The summed E-state index contributed by atoms with van der Waals surface area (Å²) in [5, 5.41) is 0. The maximum atomic E-state index is 11.8. The fourth-order valence-corrected chi connectivity index (χ4v) is 2.91. The van der Waals surface area contributed by atoms with Gasteiger partial charge in [-0.3, -0.25) is 4.79 Å². The largest absolute Gasteiger partial charge is 0.462 e. The standard InChI is InChI=1S/C17H27NO3/c1-2-3-4-8-16-14-15(17(19)21-16)7-5-6-9-18-10-12-20-13-11-18/h15-16H,2-4,7-14H2,1H3/p+1/t15-,16-/m0/s1. The average molecular weight is 294 g/mol. The molecule has 118 valence electrons. The van der Waals surface area contributed by atoms with Gasteiger partial charge in [0.2, 0.25) is 0 Å². The van der Waals surface area contributed by atoms with Gasteiger partial charge in [0.05, 0.1) is 19.1 Å². The molecule has 0 bridgehead atoms. The number of hydrogen-bond donors (Lipinski definition) is 1. The number of rotatable bonds is 6. The van der Waals surface area contributed by atoms with Gasteiger partial charge in [-0.1, -0.05) is 25.7 Å². The van der Waals surface area contributed by atoms with E-state index in [1.54, 1.807) is 0 Å². The normalized spacial score (nSPS) is 26.2. The van der Waals surface area contributed by atoms with Crippen molar-refractivity contribution in [3.05, 3.63) is 0 Å². The van der Waals surface area contributed by atoms with E-state index >= 15 is 0 Å². The Balaban J connectivity index is 1.65. The number of hydrogen-bond acceptors (Lipinski definition) is 3. The predicted octanol–water partition coefficient (Wildman–Crippen LogP) is 0.807. The van der Waals surface area contributed by atoms with Crippen molar-refractivity contribution in [2.75, 3.05) is 32.8 Å². The molecule has 2 fully saturated rings. The number of unbranched alkanes of at least 4 members (excludes halogenated alkanes) is 2. The van der Waals surface area contributed by atoms with E-state index in [1.807, 2.05) is 0 Å². The number of cyclic esters (lactones) is 1. The molecule has 2 aliphatic heterocycles. The maximum absolute atomic E-state index is 11.8.